The minimum atomic E-state index is -0.555. The highest BCUT2D eigenvalue weighted by atomic mass is 16.5. The van der Waals surface area contributed by atoms with Crippen molar-refractivity contribution in [3.63, 3.8) is 0 Å². The fourth-order valence-electron chi connectivity index (χ4n) is 1.98. The van der Waals surface area contributed by atoms with Gasteiger partial charge in [-0.15, -0.1) is 0 Å². The number of nitriles is 1. The van der Waals surface area contributed by atoms with E-state index < -0.39 is 5.91 Å². The first kappa shape index (κ1) is 16.9. The van der Waals surface area contributed by atoms with Crippen molar-refractivity contribution in [3.05, 3.63) is 53.6 Å². The van der Waals surface area contributed by atoms with Crippen LogP contribution in [0.15, 0.2) is 48.0 Å². The first-order chi connectivity index (χ1) is 11.6. The Labute approximate surface area is 139 Å². The van der Waals surface area contributed by atoms with Gasteiger partial charge in [0.05, 0.1) is 14.2 Å². The number of amides is 1. The summed E-state index contributed by atoms with van der Waals surface area (Å²) < 4.78 is 10.4. The fraction of sp³-hybridized carbons (Fsp3) is 0.111. The summed E-state index contributed by atoms with van der Waals surface area (Å²) in [7, 11) is 3.03. The van der Waals surface area contributed by atoms with E-state index in [-0.39, 0.29) is 11.3 Å². The first-order valence-corrected chi connectivity index (χ1v) is 7.01. The van der Waals surface area contributed by atoms with Gasteiger partial charge >= 0.3 is 0 Å². The predicted octanol–water partition coefficient (Wildman–Crippen LogP) is 2.96. The maximum absolute atomic E-state index is 12.2. The number of phenols is 1. The second-order valence-corrected chi connectivity index (χ2v) is 4.78. The van der Waals surface area contributed by atoms with Gasteiger partial charge in [-0.05, 0) is 42.5 Å². The number of methoxy groups -OCH3 is 2. The van der Waals surface area contributed by atoms with Gasteiger partial charge in [-0.2, -0.15) is 5.26 Å². The van der Waals surface area contributed by atoms with E-state index in [0.717, 1.165) is 0 Å². The molecule has 0 unspecified atom stereocenters. The van der Waals surface area contributed by atoms with E-state index in [4.69, 9.17) is 9.47 Å². The number of nitrogens with one attached hydrogen (secondary N) is 1. The number of hydrogen-bond donors (Lipinski definition) is 2. The summed E-state index contributed by atoms with van der Waals surface area (Å²) in [6.45, 7) is 0. The standard InChI is InChI=1S/C18H16N2O4/c1-23-16-8-3-12(17(10-16)24-2)9-13(11-19)18(22)20-14-4-6-15(21)7-5-14/h3-10,21H,1-2H3,(H,20,22)/b13-9+. The first-order valence-electron chi connectivity index (χ1n) is 7.01. The minimum Gasteiger partial charge on any atom is -0.508 e. The summed E-state index contributed by atoms with van der Waals surface area (Å²) in [5, 5.41) is 21.1. The topological polar surface area (TPSA) is 91.6 Å². The molecule has 122 valence electrons. The van der Waals surface area contributed by atoms with Crippen molar-refractivity contribution in [2.45, 2.75) is 0 Å². The molecule has 0 radical (unpaired) electrons. The van der Waals surface area contributed by atoms with Crippen molar-refractivity contribution in [2.24, 2.45) is 0 Å². The molecule has 0 saturated heterocycles. The van der Waals surface area contributed by atoms with Crippen LogP contribution in [-0.4, -0.2) is 25.2 Å². The Bertz CT molecular complexity index is 805. The normalized spacial score (nSPS) is 10.6. The molecule has 0 aliphatic carbocycles. The van der Waals surface area contributed by atoms with Crippen molar-refractivity contribution in [1.29, 1.82) is 5.26 Å². The van der Waals surface area contributed by atoms with E-state index in [1.807, 2.05) is 6.07 Å². The van der Waals surface area contributed by atoms with Gasteiger partial charge in [-0.1, -0.05) is 0 Å². The fourth-order valence-corrected chi connectivity index (χ4v) is 1.98. The number of aromatic hydroxyl groups is 1. The van der Waals surface area contributed by atoms with Crippen LogP contribution in [0.25, 0.3) is 6.08 Å². The maximum atomic E-state index is 12.2. The Morgan fingerprint density at radius 3 is 2.46 bits per heavy atom. The number of hydrogen-bond acceptors (Lipinski definition) is 5. The maximum Gasteiger partial charge on any atom is 0.266 e. The van der Waals surface area contributed by atoms with Gasteiger partial charge in [0, 0.05) is 17.3 Å². The molecule has 0 aliphatic heterocycles. The number of carbonyl (C=O) groups is 1. The lowest BCUT2D eigenvalue weighted by Crippen LogP contribution is -2.13. The Morgan fingerprint density at radius 1 is 1.17 bits per heavy atom. The Balaban J connectivity index is 2.27. The van der Waals surface area contributed by atoms with Crippen molar-refractivity contribution >= 4 is 17.7 Å². The zero-order chi connectivity index (χ0) is 17.5. The molecular formula is C18H16N2O4. The van der Waals surface area contributed by atoms with Crippen LogP contribution in [-0.2, 0) is 4.79 Å². The molecule has 0 aliphatic rings. The van der Waals surface area contributed by atoms with E-state index >= 15 is 0 Å². The summed E-state index contributed by atoms with van der Waals surface area (Å²) in [6.07, 6.45) is 1.44. The average Bonchev–Trinajstić information content (AvgIpc) is 2.61. The van der Waals surface area contributed by atoms with Crippen molar-refractivity contribution in [1.82, 2.24) is 0 Å². The molecule has 0 saturated carbocycles. The number of ether oxygens (including phenoxy) is 2. The van der Waals surface area contributed by atoms with Crippen LogP contribution in [0.4, 0.5) is 5.69 Å². The number of anilines is 1. The van der Waals surface area contributed by atoms with Crippen LogP contribution in [0.2, 0.25) is 0 Å². The Kier molecular flexibility index (Phi) is 5.42. The summed E-state index contributed by atoms with van der Waals surface area (Å²) >= 11 is 0. The molecule has 2 aromatic carbocycles. The quantitative estimate of drug-likeness (QED) is 0.501. The van der Waals surface area contributed by atoms with Gasteiger partial charge in [-0.25, -0.2) is 0 Å². The van der Waals surface area contributed by atoms with E-state index in [9.17, 15) is 15.2 Å². The lowest BCUT2D eigenvalue weighted by atomic mass is 10.1. The van der Waals surface area contributed by atoms with Crippen LogP contribution in [0.5, 0.6) is 17.2 Å². The molecular weight excluding hydrogens is 308 g/mol. The van der Waals surface area contributed by atoms with Crippen LogP contribution in [0, 0.1) is 11.3 Å². The molecule has 0 spiro atoms. The number of nitrogens with zero attached hydrogens (tertiary/aromatic N) is 1. The summed E-state index contributed by atoms with van der Waals surface area (Å²) in [4.78, 5) is 12.2. The third-order valence-electron chi connectivity index (χ3n) is 3.23. The van der Waals surface area contributed by atoms with Gasteiger partial charge in [0.25, 0.3) is 5.91 Å². The number of carbonyl (C=O) groups excluding carboxylic acids is 1. The highest BCUT2D eigenvalue weighted by Gasteiger charge is 2.12. The van der Waals surface area contributed by atoms with Gasteiger partial charge in [-0.3, -0.25) is 4.79 Å². The van der Waals surface area contributed by atoms with Crippen LogP contribution < -0.4 is 14.8 Å². The van der Waals surface area contributed by atoms with Crippen LogP contribution >= 0.6 is 0 Å². The van der Waals surface area contributed by atoms with Crippen molar-refractivity contribution < 1.29 is 19.4 Å². The highest BCUT2D eigenvalue weighted by molar-refractivity contribution is 6.09. The van der Waals surface area contributed by atoms with E-state index in [2.05, 4.69) is 5.32 Å². The van der Waals surface area contributed by atoms with Gasteiger partial charge < -0.3 is 19.9 Å². The Hall–Kier alpha value is -3.46. The predicted molar refractivity (Wildman–Crippen MR) is 89.9 cm³/mol. The zero-order valence-corrected chi connectivity index (χ0v) is 13.2. The van der Waals surface area contributed by atoms with E-state index in [1.165, 1.54) is 44.6 Å². The molecule has 1 amide bonds. The highest BCUT2D eigenvalue weighted by Crippen LogP contribution is 2.26. The van der Waals surface area contributed by atoms with Crippen molar-refractivity contribution in [3.8, 4) is 23.3 Å². The third-order valence-corrected chi connectivity index (χ3v) is 3.23. The Morgan fingerprint density at radius 2 is 1.88 bits per heavy atom. The molecule has 2 aromatic rings. The monoisotopic (exact) mass is 324 g/mol. The lowest BCUT2D eigenvalue weighted by Gasteiger charge is -2.08. The molecule has 0 bridgehead atoms. The van der Waals surface area contributed by atoms with Crippen LogP contribution in [0.1, 0.15) is 5.56 Å². The zero-order valence-electron chi connectivity index (χ0n) is 13.2. The molecule has 6 heteroatoms. The number of rotatable bonds is 5. The summed E-state index contributed by atoms with van der Waals surface area (Å²) in [5.74, 6) is 0.628. The largest absolute Gasteiger partial charge is 0.508 e. The molecule has 24 heavy (non-hydrogen) atoms. The molecule has 0 heterocycles. The number of phenolic OH excluding ortho intramolecular Hbond substituents is 1. The lowest BCUT2D eigenvalue weighted by molar-refractivity contribution is -0.112. The third kappa shape index (κ3) is 4.05. The minimum absolute atomic E-state index is 0.0773. The summed E-state index contributed by atoms with van der Waals surface area (Å²) in [5.41, 5.74) is 0.975. The second-order valence-electron chi connectivity index (χ2n) is 4.78. The van der Waals surface area contributed by atoms with Gasteiger partial charge in [0.15, 0.2) is 0 Å². The molecule has 6 nitrogen and oxygen atoms in total. The molecule has 0 aromatic heterocycles. The second kappa shape index (κ2) is 7.70. The van der Waals surface area contributed by atoms with Crippen molar-refractivity contribution in [2.75, 3.05) is 19.5 Å². The van der Waals surface area contributed by atoms with Crippen LogP contribution in [0.3, 0.4) is 0 Å². The van der Waals surface area contributed by atoms with E-state index in [1.54, 1.807) is 18.2 Å². The molecule has 2 rings (SSSR count). The average molecular weight is 324 g/mol. The SMILES string of the molecule is COc1ccc(/C=C(\C#N)C(=O)Nc2ccc(O)cc2)c(OC)c1. The molecule has 0 atom stereocenters. The molecule has 0 fully saturated rings. The van der Waals surface area contributed by atoms with Gasteiger partial charge in [0.1, 0.15) is 28.9 Å². The van der Waals surface area contributed by atoms with E-state index in [0.29, 0.717) is 22.7 Å². The van der Waals surface area contributed by atoms with Gasteiger partial charge in [0.2, 0.25) is 0 Å². The summed E-state index contributed by atoms with van der Waals surface area (Å²) in [6, 6.07) is 12.9. The number of benzene rings is 2. The smallest absolute Gasteiger partial charge is 0.266 e. The molecule has 2 N–H and O–H groups in total.